The van der Waals surface area contributed by atoms with Gasteiger partial charge in [0, 0.05) is 69.6 Å². The molecular weight excluding hydrogens is 1140 g/mol. The van der Waals surface area contributed by atoms with Gasteiger partial charge in [-0.2, -0.15) is 0 Å². The van der Waals surface area contributed by atoms with Crippen molar-refractivity contribution in [3.05, 3.63) is 140 Å². The molecule has 8 nitrogen and oxygen atoms in total. The van der Waals surface area contributed by atoms with Gasteiger partial charge in [0.15, 0.2) is 0 Å². The zero-order chi connectivity index (χ0) is 66.5. The van der Waals surface area contributed by atoms with Gasteiger partial charge < -0.3 is 39.4 Å². The lowest BCUT2D eigenvalue weighted by Crippen LogP contribution is -2.45. The highest BCUT2D eigenvalue weighted by Gasteiger charge is 2.49. The molecule has 4 heterocycles. The lowest BCUT2D eigenvalue weighted by atomic mass is 9.67. The molecule has 92 heavy (non-hydrogen) atoms. The van der Waals surface area contributed by atoms with Gasteiger partial charge in [-0.15, -0.1) is 0 Å². The second-order valence-electron chi connectivity index (χ2n) is 31.5. The molecular formula is C84H120O8. The number of ether oxygens (including phenoxy) is 4. The van der Waals surface area contributed by atoms with Gasteiger partial charge >= 0.3 is 0 Å². The van der Waals surface area contributed by atoms with Crippen LogP contribution in [0.1, 0.15) is 307 Å². The first-order valence-corrected chi connectivity index (χ1v) is 36.5. The number of hydrogen-bond acceptors (Lipinski definition) is 8. The smallest absolute Gasteiger partial charge is 0.127 e. The van der Waals surface area contributed by atoms with Crippen molar-refractivity contribution in [3.63, 3.8) is 0 Å². The molecule has 8 aliphatic rings. The van der Waals surface area contributed by atoms with Crippen molar-refractivity contribution in [2.75, 3.05) is 0 Å². The Morgan fingerprint density at radius 2 is 0.630 bits per heavy atom. The number of phenolic OH excluding ortho intramolecular Hbond substituents is 4. The molecule has 0 bridgehead atoms. The number of hydrogen-bond donors (Lipinski definition) is 4. The summed E-state index contributed by atoms with van der Waals surface area (Å²) in [6.45, 7) is 35.3. The van der Waals surface area contributed by atoms with Crippen LogP contribution in [0.4, 0.5) is 0 Å². The first-order chi connectivity index (χ1) is 43.7. The minimum Gasteiger partial charge on any atom is -0.508 e. The maximum absolute atomic E-state index is 10.7. The second kappa shape index (κ2) is 29.9. The Kier molecular flexibility index (Phi) is 22.9. The van der Waals surface area contributed by atoms with Gasteiger partial charge in [-0.3, -0.25) is 0 Å². The predicted molar refractivity (Wildman–Crippen MR) is 381 cm³/mol. The third kappa shape index (κ3) is 16.1. The third-order valence-corrected chi connectivity index (χ3v) is 22.5. The topological polar surface area (TPSA) is 118 Å². The van der Waals surface area contributed by atoms with Crippen LogP contribution in [-0.2, 0) is 25.7 Å². The van der Waals surface area contributed by atoms with E-state index in [1.807, 2.05) is 24.3 Å². The molecule has 4 aromatic carbocycles. The molecule has 12 rings (SSSR count). The van der Waals surface area contributed by atoms with E-state index in [0.29, 0.717) is 58.5 Å². The van der Waals surface area contributed by atoms with E-state index >= 15 is 0 Å². The number of phenols is 4. The molecule has 0 radical (unpaired) electrons. The summed E-state index contributed by atoms with van der Waals surface area (Å²) >= 11 is 0. The Labute approximate surface area is 556 Å². The van der Waals surface area contributed by atoms with Gasteiger partial charge in [0.05, 0.1) is 0 Å². The number of rotatable bonds is 16. The Balaban J connectivity index is 0.000000145. The van der Waals surface area contributed by atoms with Crippen LogP contribution in [0.3, 0.4) is 0 Å². The van der Waals surface area contributed by atoms with Gasteiger partial charge in [-0.25, -0.2) is 0 Å². The molecule has 0 unspecified atom stereocenters. The van der Waals surface area contributed by atoms with Gasteiger partial charge in [0.1, 0.15) is 68.4 Å². The molecule has 0 aromatic heterocycles. The molecule has 0 saturated carbocycles. The largest absolute Gasteiger partial charge is 0.508 e. The molecule has 0 fully saturated rings. The molecule has 0 saturated heterocycles. The summed E-state index contributed by atoms with van der Waals surface area (Å²) in [5.74, 6) is 8.43. The van der Waals surface area contributed by atoms with E-state index in [-0.39, 0.29) is 34.2 Å². The van der Waals surface area contributed by atoms with Crippen molar-refractivity contribution >= 4 is 0 Å². The van der Waals surface area contributed by atoms with Crippen molar-refractivity contribution in [1.29, 1.82) is 0 Å². The van der Waals surface area contributed by atoms with E-state index in [2.05, 4.69) is 159 Å². The van der Waals surface area contributed by atoms with E-state index in [9.17, 15) is 20.4 Å². The first kappa shape index (κ1) is 70.6. The summed E-state index contributed by atoms with van der Waals surface area (Å²) < 4.78 is 25.5. The highest BCUT2D eigenvalue weighted by Crippen LogP contribution is 2.58. The standard InChI is InChI=1S/4C21H30O2/c4*1-5-6-7-8-15-12-18(22)20-16-11-14(2)9-10-17(16)21(3,4)23-19(20)13-15/h2*11-13,16-17,22H,5-10H2,1-4H3;2*9,12-13,16-17,22H,5-8,10-11H2,1-4H3/t4*16-,17-/m1010/s1. The van der Waals surface area contributed by atoms with E-state index in [1.165, 1.54) is 122 Å². The monoisotopic (exact) mass is 1260 g/mol. The molecule has 4 aromatic rings. The zero-order valence-corrected chi connectivity index (χ0v) is 59.9. The fourth-order valence-electron chi connectivity index (χ4n) is 17.3. The summed E-state index contributed by atoms with van der Waals surface area (Å²) in [4.78, 5) is 0. The molecule has 4 aliphatic heterocycles. The van der Waals surface area contributed by atoms with E-state index in [4.69, 9.17) is 18.9 Å². The lowest BCUT2D eigenvalue weighted by molar-refractivity contribution is 0.00717. The van der Waals surface area contributed by atoms with Crippen LogP contribution in [0.5, 0.6) is 46.0 Å². The summed E-state index contributed by atoms with van der Waals surface area (Å²) in [6, 6.07) is 16.6. The molecule has 0 amide bonds. The van der Waals surface area contributed by atoms with E-state index < -0.39 is 0 Å². The summed E-state index contributed by atoms with van der Waals surface area (Å²) in [6.07, 6.45) is 36.7. The van der Waals surface area contributed by atoms with Gasteiger partial charge in [0.2, 0.25) is 0 Å². The van der Waals surface area contributed by atoms with E-state index in [0.717, 1.165) is 122 Å². The number of fused-ring (bicyclic) bond motifs is 12. The highest BCUT2D eigenvalue weighted by molar-refractivity contribution is 5.57. The third-order valence-electron chi connectivity index (χ3n) is 22.5. The van der Waals surface area contributed by atoms with Crippen molar-refractivity contribution in [2.45, 2.75) is 311 Å². The summed E-state index contributed by atoms with van der Waals surface area (Å²) in [5.41, 5.74) is 13.9. The molecule has 4 N–H and O–H groups in total. The maximum atomic E-state index is 10.7. The SMILES string of the molecule is CCCCCc1cc(O)c2c(c1)OC(C)(C)[C@@H]1CC=C(C)C[C@@H]21.CCCCCc1cc(O)c2c(c1)OC(C)(C)[C@@H]1CCC(C)=C[C@@H]21.CCCCCc1cc(O)c2c(c1)OC(C)(C)[C@H]1CC=C(C)C[C@H]21.CCCCCc1cc(O)c2c(c1)OC(C)(C)[C@H]1CCC(C)=C[C@H]21. The van der Waals surface area contributed by atoms with Gasteiger partial charge in [-0.1, -0.05) is 126 Å². The highest BCUT2D eigenvalue weighted by atomic mass is 16.5. The zero-order valence-electron chi connectivity index (χ0n) is 59.9. The van der Waals surface area contributed by atoms with Crippen molar-refractivity contribution in [2.24, 2.45) is 23.7 Å². The second-order valence-corrected chi connectivity index (χ2v) is 31.5. The van der Waals surface area contributed by atoms with Crippen molar-refractivity contribution in [1.82, 2.24) is 0 Å². The Bertz CT molecular complexity index is 3100. The first-order valence-electron chi connectivity index (χ1n) is 36.5. The predicted octanol–water partition coefficient (Wildman–Crippen LogP) is 22.9. The van der Waals surface area contributed by atoms with Crippen LogP contribution in [0.25, 0.3) is 0 Å². The number of aryl methyl sites for hydroxylation is 4. The Morgan fingerprint density at radius 3 is 0.924 bits per heavy atom. The molecule has 8 heteroatoms. The average molecular weight is 1260 g/mol. The Hall–Kier alpha value is -5.76. The summed E-state index contributed by atoms with van der Waals surface area (Å²) in [5, 5.41) is 42.7. The molecule has 4 aliphatic carbocycles. The molecule has 0 spiro atoms. The Morgan fingerprint density at radius 1 is 0.359 bits per heavy atom. The van der Waals surface area contributed by atoms with Crippen LogP contribution < -0.4 is 18.9 Å². The normalized spacial score (nSPS) is 25.1. The van der Waals surface area contributed by atoms with Gasteiger partial charge in [-0.05, 0) is 257 Å². The fourth-order valence-corrected chi connectivity index (χ4v) is 17.3. The average Bonchev–Trinajstić information content (AvgIpc) is 0.778. The molecule has 8 atom stereocenters. The lowest BCUT2D eigenvalue weighted by Gasteiger charge is -2.47. The van der Waals surface area contributed by atoms with E-state index in [1.54, 1.807) is 0 Å². The number of aromatic hydroxyl groups is 4. The molecule has 504 valence electrons. The minimum absolute atomic E-state index is 0.177. The van der Waals surface area contributed by atoms with Crippen LogP contribution in [0.2, 0.25) is 0 Å². The minimum atomic E-state index is -0.177. The quantitative estimate of drug-likeness (QED) is 0.0647. The van der Waals surface area contributed by atoms with Crippen LogP contribution in [0.15, 0.2) is 95.1 Å². The van der Waals surface area contributed by atoms with Crippen molar-refractivity contribution < 1.29 is 39.4 Å². The number of benzene rings is 4. The van der Waals surface area contributed by atoms with Crippen LogP contribution >= 0.6 is 0 Å². The fraction of sp³-hybridized carbons (Fsp3) is 0.619. The van der Waals surface area contributed by atoms with Crippen LogP contribution in [0, 0.1) is 23.7 Å². The van der Waals surface area contributed by atoms with Crippen molar-refractivity contribution in [3.8, 4) is 46.0 Å². The summed E-state index contributed by atoms with van der Waals surface area (Å²) in [7, 11) is 0. The number of allylic oxidation sites excluding steroid dienone is 8. The van der Waals surface area contributed by atoms with Gasteiger partial charge in [0.25, 0.3) is 0 Å². The maximum Gasteiger partial charge on any atom is 0.127 e. The number of unbranched alkanes of at least 4 members (excludes halogenated alkanes) is 8. The van der Waals surface area contributed by atoms with Crippen LogP contribution in [-0.4, -0.2) is 42.8 Å².